The van der Waals surface area contributed by atoms with Crippen molar-refractivity contribution in [1.82, 2.24) is 18.7 Å². The standard InChI is InChI=1S/C19H22N4O2S/c1-14-11-19-20-7-10-22(19)13-18(14)16-5-8-23(9-6-16)26(24,25)17-4-3-15(2)21-12-17/h3-4,7,10-13,16H,5-6,8-9H2,1-2H3. The average Bonchev–Trinajstić information content (AvgIpc) is 3.08. The maximum absolute atomic E-state index is 12.8. The molecule has 3 aromatic rings. The molecule has 6 nitrogen and oxygen atoms in total. The largest absolute Gasteiger partial charge is 0.307 e. The van der Waals surface area contributed by atoms with Gasteiger partial charge in [0.05, 0.1) is 0 Å². The molecular weight excluding hydrogens is 348 g/mol. The Morgan fingerprint density at radius 1 is 1.12 bits per heavy atom. The molecule has 1 aliphatic heterocycles. The van der Waals surface area contributed by atoms with E-state index in [0.29, 0.717) is 19.0 Å². The second kappa shape index (κ2) is 6.48. The molecule has 0 bridgehead atoms. The van der Waals surface area contributed by atoms with E-state index in [9.17, 15) is 8.42 Å². The molecule has 136 valence electrons. The number of hydrogen-bond donors (Lipinski definition) is 0. The molecule has 1 fully saturated rings. The van der Waals surface area contributed by atoms with Crippen LogP contribution in [0.5, 0.6) is 0 Å². The maximum Gasteiger partial charge on any atom is 0.244 e. The van der Waals surface area contributed by atoms with E-state index < -0.39 is 10.0 Å². The molecule has 0 aliphatic carbocycles. The highest BCUT2D eigenvalue weighted by Gasteiger charge is 2.30. The van der Waals surface area contributed by atoms with Crippen LogP contribution in [0.1, 0.15) is 35.6 Å². The van der Waals surface area contributed by atoms with Gasteiger partial charge in [0.25, 0.3) is 0 Å². The summed E-state index contributed by atoms with van der Waals surface area (Å²) in [5.41, 5.74) is 4.25. The molecule has 0 unspecified atom stereocenters. The van der Waals surface area contributed by atoms with E-state index >= 15 is 0 Å². The molecule has 1 aliphatic rings. The van der Waals surface area contributed by atoms with Gasteiger partial charge in [-0.2, -0.15) is 4.31 Å². The lowest BCUT2D eigenvalue weighted by Gasteiger charge is -2.32. The van der Waals surface area contributed by atoms with E-state index in [-0.39, 0.29) is 4.90 Å². The SMILES string of the molecule is Cc1ccc(S(=O)(=O)N2CCC(c3cn4ccnc4cc3C)CC2)cn1. The summed E-state index contributed by atoms with van der Waals surface area (Å²) in [6.07, 6.45) is 8.97. The predicted molar refractivity (Wildman–Crippen MR) is 99.6 cm³/mol. The van der Waals surface area contributed by atoms with Crippen molar-refractivity contribution >= 4 is 15.7 Å². The number of fused-ring (bicyclic) bond motifs is 1. The van der Waals surface area contributed by atoms with E-state index in [1.54, 1.807) is 22.6 Å². The molecule has 4 heterocycles. The van der Waals surface area contributed by atoms with Gasteiger partial charge in [-0.3, -0.25) is 4.98 Å². The number of nitrogens with zero attached hydrogens (tertiary/aromatic N) is 4. The van der Waals surface area contributed by atoms with Crippen LogP contribution in [0.2, 0.25) is 0 Å². The summed E-state index contributed by atoms with van der Waals surface area (Å²) in [5, 5.41) is 0. The normalized spacial score (nSPS) is 17.0. The Hall–Kier alpha value is -2.25. The van der Waals surface area contributed by atoms with Gasteiger partial charge in [-0.25, -0.2) is 13.4 Å². The summed E-state index contributed by atoms with van der Waals surface area (Å²) in [6.45, 7) is 5.01. The molecular formula is C19H22N4O2S. The van der Waals surface area contributed by atoms with E-state index in [4.69, 9.17) is 0 Å². The molecule has 4 rings (SSSR count). The molecule has 0 saturated carbocycles. The van der Waals surface area contributed by atoms with E-state index in [1.165, 1.54) is 17.3 Å². The van der Waals surface area contributed by atoms with Crippen LogP contribution >= 0.6 is 0 Å². The lowest BCUT2D eigenvalue weighted by molar-refractivity contribution is 0.318. The third-order valence-electron chi connectivity index (χ3n) is 5.19. The van der Waals surface area contributed by atoms with Crippen molar-refractivity contribution in [2.45, 2.75) is 37.5 Å². The van der Waals surface area contributed by atoms with Gasteiger partial charge in [0.15, 0.2) is 0 Å². The number of piperidine rings is 1. The number of pyridine rings is 2. The summed E-state index contributed by atoms with van der Waals surface area (Å²) >= 11 is 0. The van der Waals surface area contributed by atoms with Gasteiger partial charge < -0.3 is 4.40 Å². The van der Waals surface area contributed by atoms with Crippen molar-refractivity contribution in [3.63, 3.8) is 0 Å². The zero-order chi connectivity index (χ0) is 18.3. The van der Waals surface area contributed by atoms with Gasteiger partial charge in [0.2, 0.25) is 10.0 Å². The maximum atomic E-state index is 12.8. The lowest BCUT2D eigenvalue weighted by atomic mass is 9.89. The third-order valence-corrected chi connectivity index (χ3v) is 7.08. The van der Waals surface area contributed by atoms with Gasteiger partial charge >= 0.3 is 0 Å². The zero-order valence-electron chi connectivity index (χ0n) is 15.0. The van der Waals surface area contributed by atoms with Crippen LogP contribution in [0, 0.1) is 13.8 Å². The summed E-state index contributed by atoms with van der Waals surface area (Å²) in [4.78, 5) is 8.72. The zero-order valence-corrected chi connectivity index (χ0v) is 15.8. The highest BCUT2D eigenvalue weighted by atomic mass is 32.2. The van der Waals surface area contributed by atoms with Gasteiger partial charge in [-0.1, -0.05) is 0 Å². The third kappa shape index (κ3) is 3.01. The second-order valence-corrected chi connectivity index (χ2v) is 8.86. The predicted octanol–water partition coefficient (Wildman–Crippen LogP) is 2.91. The molecule has 0 spiro atoms. The minimum Gasteiger partial charge on any atom is -0.307 e. The number of hydrogen-bond acceptors (Lipinski definition) is 4. The van der Waals surface area contributed by atoms with Crippen LogP contribution in [-0.2, 0) is 10.0 Å². The number of sulfonamides is 1. The Bertz CT molecular complexity index is 1030. The lowest BCUT2D eigenvalue weighted by Crippen LogP contribution is -2.38. The fourth-order valence-electron chi connectivity index (χ4n) is 3.66. The smallest absolute Gasteiger partial charge is 0.244 e. The first kappa shape index (κ1) is 17.2. The quantitative estimate of drug-likeness (QED) is 0.711. The van der Waals surface area contributed by atoms with E-state index in [0.717, 1.165) is 24.2 Å². The monoisotopic (exact) mass is 370 g/mol. The first-order valence-corrected chi connectivity index (χ1v) is 10.3. The fraction of sp³-hybridized carbons (Fsp3) is 0.368. The van der Waals surface area contributed by atoms with Crippen molar-refractivity contribution in [3.05, 3.63) is 59.8 Å². The number of aromatic nitrogens is 3. The van der Waals surface area contributed by atoms with Gasteiger partial charge in [-0.05, 0) is 61.9 Å². The first-order valence-electron chi connectivity index (χ1n) is 8.81. The fourth-order valence-corrected chi connectivity index (χ4v) is 5.08. The average molecular weight is 370 g/mol. The Morgan fingerprint density at radius 3 is 2.58 bits per heavy atom. The van der Waals surface area contributed by atoms with Crippen LogP contribution in [0.15, 0.2) is 47.9 Å². The van der Waals surface area contributed by atoms with E-state index in [2.05, 4.69) is 29.2 Å². The minimum atomic E-state index is -3.46. The molecule has 26 heavy (non-hydrogen) atoms. The van der Waals surface area contributed by atoms with Gasteiger partial charge in [-0.15, -0.1) is 0 Å². The van der Waals surface area contributed by atoms with E-state index in [1.807, 2.05) is 17.5 Å². The Kier molecular flexibility index (Phi) is 4.28. The topological polar surface area (TPSA) is 67.6 Å². The highest BCUT2D eigenvalue weighted by molar-refractivity contribution is 7.89. The van der Waals surface area contributed by atoms with Crippen LogP contribution in [0.4, 0.5) is 0 Å². The van der Waals surface area contributed by atoms with Crippen molar-refractivity contribution in [2.75, 3.05) is 13.1 Å². The van der Waals surface area contributed by atoms with Crippen molar-refractivity contribution < 1.29 is 8.42 Å². The van der Waals surface area contributed by atoms with Crippen LogP contribution in [0.25, 0.3) is 5.65 Å². The first-order chi connectivity index (χ1) is 12.4. The molecule has 0 amide bonds. The Labute approximate surface area is 153 Å². The van der Waals surface area contributed by atoms with Gasteiger partial charge in [0, 0.05) is 43.6 Å². The Balaban J connectivity index is 1.53. The molecule has 0 aromatic carbocycles. The summed E-state index contributed by atoms with van der Waals surface area (Å²) in [6, 6.07) is 5.47. The summed E-state index contributed by atoms with van der Waals surface area (Å²) in [7, 11) is -3.46. The summed E-state index contributed by atoms with van der Waals surface area (Å²) in [5.74, 6) is 0.365. The molecule has 0 atom stereocenters. The highest BCUT2D eigenvalue weighted by Crippen LogP contribution is 2.32. The summed E-state index contributed by atoms with van der Waals surface area (Å²) < 4.78 is 29.3. The van der Waals surface area contributed by atoms with Crippen LogP contribution < -0.4 is 0 Å². The minimum absolute atomic E-state index is 0.276. The molecule has 1 saturated heterocycles. The van der Waals surface area contributed by atoms with Gasteiger partial charge in [0.1, 0.15) is 10.5 Å². The second-order valence-electron chi connectivity index (χ2n) is 6.92. The molecule has 3 aromatic heterocycles. The molecule has 0 radical (unpaired) electrons. The van der Waals surface area contributed by atoms with Crippen LogP contribution in [-0.4, -0.2) is 40.2 Å². The number of imidazole rings is 1. The van der Waals surface area contributed by atoms with Crippen molar-refractivity contribution in [1.29, 1.82) is 0 Å². The molecule has 7 heteroatoms. The Morgan fingerprint density at radius 2 is 1.88 bits per heavy atom. The number of aryl methyl sites for hydroxylation is 2. The molecule has 0 N–H and O–H groups in total. The van der Waals surface area contributed by atoms with Crippen molar-refractivity contribution in [2.24, 2.45) is 0 Å². The van der Waals surface area contributed by atoms with Crippen molar-refractivity contribution in [3.8, 4) is 0 Å². The number of rotatable bonds is 3. The van der Waals surface area contributed by atoms with Crippen LogP contribution in [0.3, 0.4) is 0 Å².